The molecule has 4 rings (SSSR count). The SMILES string of the molecule is C[C@@]12CCC[C@H]1[C@@H]1CCC3CC(C[O])CC[C@]3(C)[C@H]1CC2. The molecule has 7 atom stereocenters. The van der Waals surface area contributed by atoms with Crippen LogP contribution in [0.2, 0.25) is 0 Å². The Morgan fingerprint density at radius 2 is 1.76 bits per heavy atom. The highest BCUT2D eigenvalue weighted by Crippen LogP contribution is 2.66. The van der Waals surface area contributed by atoms with Gasteiger partial charge < -0.3 is 0 Å². The molecule has 0 aliphatic heterocycles. The van der Waals surface area contributed by atoms with E-state index < -0.39 is 0 Å². The first kappa shape index (κ1) is 14.5. The number of hydrogen-bond acceptors (Lipinski definition) is 0. The first-order valence-corrected chi connectivity index (χ1v) is 9.65. The molecule has 0 bridgehead atoms. The highest BCUT2D eigenvalue weighted by molar-refractivity contribution is 5.07. The highest BCUT2D eigenvalue weighted by Gasteiger charge is 2.57. The molecule has 1 heteroatoms. The van der Waals surface area contributed by atoms with Gasteiger partial charge in [0.2, 0.25) is 0 Å². The zero-order valence-corrected chi connectivity index (χ0v) is 14.1. The maximum atomic E-state index is 11.3. The van der Waals surface area contributed by atoms with E-state index in [1.54, 1.807) is 0 Å². The molecule has 1 radical (unpaired) electrons. The molecular formula is C20H33O. The molecule has 1 nitrogen and oxygen atoms in total. The van der Waals surface area contributed by atoms with Crippen LogP contribution in [0.4, 0.5) is 0 Å². The van der Waals surface area contributed by atoms with Crippen LogP contribution in [0.5, 0.6) is 0 Å². The van der Waals surface area contributed by atoms with Gasteiger partial charge in [0, 0.05) is 0 Å². The summed E-state index contributed by atoms with van der Waals surface area (Å²) in [6.45, 7) is 5.40. The van der Waals surface area contributed by atoms with E-state index in [4.69, 9.17) is 0 Å². The summed E-state index contributed by atoms with van der Waals surface area (Å²) in [5.41, 5.74) is 1.27. The van der Waals surface area contributed by atoms with Gasteiger partial charge in [-0.25, -0.2) is 5.11 Å². The predicted octanol–water partition coefficient (Wildman–Crippen LogP) is 5.47. The average molecular weight is 289 g/mol. The predicted molar refractivity (Wildman–Crippen MR) is 85.4 cm³/mol. The summed E-state index contributed by atoms with van der Waals surface area (Å²) in [6, 6.07) is 0. The quantitative estimate of drug-likeness (QED) is 0.610. The third-order valence-corrected chi connectivity index (χ3v) is 8.79. The molecule has 0 spiro atoms. The maximum absolute atomic E-state index is 11.3. The molecule has 4 saturated carbocycles. The summed E-state index contributed by atoms with van der Waals surface area (Å²) in [7, 11) is 0. The van der Waals surface area contributed by atoms with Crippen molar-refractivity contribution < 1.29 is 5.11 Å². The van der Waals surface area contributed by atoms with Gasteiger partial charge in [-0.15, -0.1) is 0 Å². The molecule has 0 aromatic rings. The van der Waals surface area contributed by atoms with E-state index in [1.807, 2.05) is 0 Å². The molecule has 4 aliphatic carbocycles. The van der Waals surface area contributed by atoms with Crippen molar-refractivity contribution in [1.82, 2.24) is 0 Å². The van der Waals surface area contributed by atoms with E-state index in [0.29, 0.717) is 16.7 Å². The van der Waals surface area contributed by atoms with E-state index in [-0.39, 0.29) is 6.61 Å². The van der Waals surface area contributed by atoms with Crippen molar-refractivity contribution in [3.63, 3.8) is 0 Å². The minimum absolute atomic E-state index is 0.182. The van der Waals surface area contributed by atoms with Gasteiger partial charge in [-0.1, -0.05) is 20.3 Å². The van der Waals surface area contributed by atoms with Crippen molar-refractivity contribution in [2.45, 2.75) is 78.1 Å². The Kier molecular flexibility index (Phi) is 3.45. The topological polar surface area (TPSA) is 19.9 Å². The molecule has 4 aliphatic rings. The molecule has 119 valence electrons. The van der Waals surface area contributed by atoms with E-state index in [1.165, 1.54) is 64.2 Å². The molecule has 0 saturated heterocycles. The number of fused-ring (bicyclic) bond motifs is 5. The molecule has 0 aromatic carbocycles. The number of hydrogen-bond donors (Lipinski definition) is 0. The van der Waals surface area contributed by atoms with Crippen molar-refractivity contribution in [2.75, 3.05) is 6.61 Å². The zero-order valence-electron chi connectivity index (χ0n) is 14.1. The van der Waals surface area contributed by atoms with Gasteiger partial charge in [0.15, 0.2) is 0 Å². The van der Waals surface area contributed by atoms with Crippen LogP contribution >= 0.6 is 0 Å². The standard InChI is InChI=1S/C20H33O/c1-19-9-3-4-17(19)16-6-5-15-12-14(13-21)7-11-20(15,2)18(16)8-10-19/h14-18H,3-13H2,1-2H3/t14?,15?,16-,17-,18-,19-,20-/m0/s1. The third kappa shape index (κ3) is 2.06. The van der Waals surface area contributed by atoms with Crippen LogP contribution in [0.25, 0.3) is 0 Å². The van der Waals surface area contributed by atoms with Gasteiger partial charge in [0.25, 0.3) is 0 Å². The minimum atomic E-state index is 0.182. The van der Waals surface area contributed by atoms with Crippen molar-refractivity contribution in [3.05, 3.63) is 0 Å². The van der Waals surface area contributed by atoms with Gasteiger partial charge >= 0.3 is 0 Å². The molecule has 21 heavy (non-hydrogen) atoms. The normalized spacial score (nSPS) is 56.4. The Labute approximate surface area is 130 Å². The summed E-state index contributed by atoms with van der Waals surface area (Å²) in [5.74, 6) is 4.42. The van der Waals surface area contributed by atoms with Crippen molar-refractivity contribution in [2.24, 2.45) is 40.4 Å². The van der Waals surface area contributed by atoms with E-state index in [0.717, 1.165) is 23.7 Å². The summed E-state index contributed by atoms with van der Waals surface area (Å²) in [5, 5.41) is 11.3. The minimum Gasteiger partial charge on any atom is -0.236 e. The molecule has 4 fully saturated rings. The molecule has 0 aromatic heterocycles. The summed E-state index contributed by atoms with van der Waals surface area (Å²) >= 11 is 0. The lowest BCUT2D eigenvalue weighted by molar-refractivity contribution is -0.115. The first-order chi connectivity index (χ1) is 10.1. The fourth-order valence-corrected chi connectivity index (χ4v) is 7.49. The van der Waals surface area contributed by atoms with Crippen LogP contribution in [0.1, 0.15) is 78.1 Å². The maximum Gasteiger partial charge on any atom is 0.0850 e. The zero-order chi connectivity index (χ0) is 14.7. The highest BCUT2D eigenvalue weighted by atomic mass is 16.3. The number of rotatable bonds is 1. The fourth-order valence-electron chi connectivity index (χ4n) is 7.49. The van der Waals surface area contributed by atoms with Gasteiger partial charge in [-0.2, -0.15) is 0 Å². The van der Waals surface area contributed by atoms with E-state index >= 15 is 0 Å². The van der Waals surface area contributed by atoms with E-state index in [9.17, 15) is 5.11 Å². The second kappa shape index (κ2) is 4.98. The summed E-state index contributed by atoms with van der Waals surface area (Å²) in [4.78, 5) is 0. The van der Waals surface area contributed by atoms with Crippen molar-refractivity contribution >= 4 is 0 Å². The lowest BCUT2D eigenvalue weighted by atomic mass is 9.45. The second-order valence-corrected chi connectivity index (χ2v) is 9.55. The van der Waals surface area contributed by atoms with Crippen LogP contribution in [-0.2, 0) is 5.11 Å². The lowest BCUT2D eigenvalue weighted by Gasteiger charge is -2.60. The van der Waals surface area contributed by atoms with Crippen molar-refractivity contribution in [3.8, 4) is 0 Å². The monoisotopic (exact) mass is 289 g/mol. The molecule has 0 amide bonds. The van der Waals surface area contributed by atoms with Gasteiger partial charge in [-0.05, 0) is 98.2 Å². The Morgan fingerprint density at radius 1 is 0.905 bits per heavy atom. The van der Waals surface area contributed by atoms with Gasteiger partial charge in [0.05, 0.1) is 6.61 Å². The van der Waals surface area contributed by atoms with Crippen LogP contribution in [-0.4, -0.2) is 6.61 Å². The van der Waals surface area contributed by atoms with Crippen LogP contribution in [0, 0.1) is 40.4 Å². The first-order valence-electron chi connectivity index (χ1n) is 9.65. The smallest absolute Gasteiger partial charge is 0.0850 e. The largest absolute Gasteiger partial charge is 0.236 e. The molecule has 0 heterocycles. The fraction of sp³-hybridized carbons (Fsp3) is 1.00. The summed E-state index contributed by atoms with van der Waals surface area (Å²) < 4.78 is 0. The Morgan fingerprint density at radius 3 is 2.57 bits per heavy atom. The van der Waals surface area contributed by atoms with Gasteiger partial charge in [0.1, 0.15) is 0 Å². The van der Waals surface area contributed by atoms with E-state index in [2.05, 4.69) is 13.8 Å². The van der Waals surface area contributed by atoms with Crippen LogP contribution in [0.3, 0.4) is 0 Å². The van der Waals surface area contributed by atoms with Crippen LogP contribution in [0.15, 0.2) is 0 Å². The lowest BCUT2D eigenvalue weighted by Crippen LogP contribution is -2.52. The Hall–Kier alpha value is -0.0400. The Bertz CT molecular complexity index is 405. The summed E-state index contributed by atoms with van der Waals surface area (Å²) in [6.07, 6.45) is 14.2. The molecule has 0 N–H and O–H groups in total. The van der Waals surface area contributed by atoms with Gasteiger partial charge in [-0.3, -0.25) is 0 Å². The average Bonchev–Trinajstić information content (AvgIpc) is 2.88. The Balaban J connectivity index is 1.59. The second-order valence-electron chi connectivity index (χ2n) is 9.55. The van der Waals surface area contributed by atoms with Crippen LogP contribution < -0.4 is 0 Å². The third-order valence-electron chi connectivity index (χ3n) is 8.79. The molecule has 2 unspecified atom stereocenters. The molecular weight excluding hydrogens is 256 g/mol. The van der Waals surface area contributed by atoms with Crippen molar-refractivity contribution in [1.29, 1.82) is 0 Å².